The van der Waals surface area contributed by atoms with Crippen molar-refractivity contribution in [3.05, 3.63) is 18.2 Å². The second kappa shape index (κ2) is 4.68. The van der Waals surface area contributed by atoms with Crippen LogP contribution in [0.5, 0.6) is 11.5 Å². The van der Waals surface area contributed by atoms with Crippen molar-refractivity contribution in [1.82, 2.24) is 0 Å². The van der Waals surface area contributed by atoms with Gasteiger partial charge in [-0.3, -0.25) is 0 Å². The number of sulfonamides is 1. The third-order valence-corrected chi connectivity index (χ3v) is 3.41. The van der Waals surface area contributed by atoms with E-state index in [9.17, 15) is 8.42 Å². The molecule has 0 aromatic heterocycles. The van der Waals surface area contributed by atoms with E-state index in [0.717, 1.165) is 12.8 Å². The molecular formula is C13H19NO4S. The minimum atomic E-state index is -3.83. The summed E-state index contributed by atoms with van der Waals surface area (Å²) < 4.78 is 34.7. The van der Waals surface area contributed by atoms with Crippen molar-refractivity contribution >= 4 is 10.0 Å². The first kappa shape index (κ1) is 14.1. The maximum Gasteiger partial charge on any atom is 0.241 e. The highest BCUT2D eigenvalue weighted by atomic mass is 32.2. The van der Waals surface area contributed by atoms with E-state index in [1.807, 2.05) is 20.8 Å². The Kier molecular flexibility index (Phi) is 3.49. The fraction of sp³-hybridized carbons (Fsp3) is 0.538. The lowest BCUT2D eigenvalue weighted by Gasteiger charge is -2.24. The zero-order chi connectivity index (χ0) is 14.3. The second-order valence-electron chi connectivity index (χ2n) is 5.66. The number of hydrogen-bond donors (Lipinski definition) is 1. The summed E-state index contributed by atoms with van der Waals surface area (Å²) in [6.45, 7) is 5.66. The topological polar surface area (TPSA) is 78.6 Å². The molecule has 2 N–H and O–H groups in total. The van der Waals surface area contributed by atoms with Crippen LogP contribution in [0.3, 0.4) is 0 Å². The minimum absolute atomic E-state index is 0.0267. The van der Waals surface area contributed by atoms with Crippen LogP contribution in [-0.2, 0) is 10.0 Å². The molecule has 0 radical (unpaired) electrons. The molecule has 0 amide bonds. The average molecular weight is 285 g/mol. The van der Waals surface area contributed by atoms with Crippen LogP contribution in [0.15, 0.2) is 23.1 Å². The van der Waals surface area contributed by atoms with Crippen molar-refractivity contribution in [3.8, 4) is 11.5 Å². The van der Waals surface area contributed by atoms with E-state index in [1.54, 1.807) is 12.1 Å². The van der Waals surface area contributed by atoms with Crippen molar-refractivity contribution in [2.24, 2.45) is 5.14 Å². The molecule has 5 nitrogen and oxygen atoms in total. The van der Waals surface area contributed by atoms with E-state index in [1.165, 1.54) is 6.07 Å². The molecule has 1 aliphatic carbocycles. The van der Waals surface area contributed by atoms with Gasteiger partial charge in [-0.15, -0.1) is 0 Å². The van der Waals surface area contributed by atoms with Gasteiger partial charge in [0, 0.05) is 0 Å². The van der Waals surface area contributed by atoms with Gasteiger partial charge in [-0.05, 0) is 45.7 Å². The number of benzene rings is 1. The molecule has 0 atom stereocenters. The molecule has 0 spiro atoms. The Labute approximate surface area is 113 Å². The summed E-state index contributed by atoms with van der Waals surface area (Å²) in [4.78, 5) is -0.0267. The first-order chi connectivity index (χ1) is 8.67. The standard InChI is InChI=1S/C13H19NO4S/c1-13(2,3)18-10-5-4-6-11(19(14,15)16)12(10)17-9-7-8-9/h4-6,9H,7-8H2,1-3H3,(H2,14,15,16). The van der Waals surface area contributed by atoms with Crippen molar-refractivity contribution in [3.63, 3.8) is 0 Å². The van der Waals surface area contributed by atoms with Crippen LogP contribution in [0, 0.1) is 0 Å². The van der Waals surface area contributed by atoms with Gasteiger partial charge >= 0.3 is 0 Å². The Morgan fingerprint density at radius 1 is 1.26 bits per heavy atom. The summed E-state index contributed by atoms with van der Waals surface area (Å²) in [5, 5.41) is 5.22. The maximum absolute atomic E-state index is 11.6. The van der Waals surface area contributed by atoms with Crippen molar-refractivity contribution in [1.29, 1.82) is 0 Å². The van der Waals surface area contributed by atoms with E-state index < -0.39 is 15.6 Å². The average Bonchev–Trinajstić information content (AvgIpc) is 3.00. The number of primary sulfonamides is 1. The molecule has 1 aromatic carbocycles. The number of ether oxygens (including phenoxy) is 2. The Morgan fingerprint density at radius 3 is 2.37 bits per heavy atom. The van der Waals surface area contributed by atoms with Gasteiger partial charge in [-0.25, -0.2) is 13.6 Å². The molecule has 1 fully saturated rings. The summed E-state index contributed by atoms with van der Waals surface area (Å²) >= 11 is 0. The van der Waals surface area contributed by atoms with Crippen LogP contribution >= 0.6 is 0 Å². The lowest BCUT2D eigenvalue weighted by atomic mass is 10.2. The molecule has 0 saturated heterocycles. The highest BCUT2D eigenvalue weighted by Gasteiger charge is 2.29. The van der Waals surface area contributed by atoms with Crippen LogP contribution in [0.4, 0.5) is 0 Å². The number of nitrogens with two attached hydrogens (primary N) is 1. The predicted octanol–water partition coefficient (Wildman–Crippen LogP) is 2.05. The molecular weight excluding hydrogens is 266 g/mol. The smallest absolute Gasteiger partial charge is 0.241 e. The molecule has 1 saturated carbocycles. The van der Waals surface area contributed by atoms with E-state index in [-0.39, 0.29) is 16.7 Å². The summed E-state index contributed by atoms with van der Waals surface area (Å²) in [6.07, 6.45) is 1.91. The summed E-state index contributed by atoms with van der Waals surface area (Å²) in [5.74, 6) is 0.633. The first-order valence-electron chi connectivity index (χ1n) is 6.18. The predicted molar refractivity (Wildman–Crippen MR) is 71.8 cm³/mol. The van der Waals surface area contributed by atoms with Crippen LogP contribution in [0.1, 0.15) is 33.6 Å². The third kappa shape index (κ3) is 3.84. The second-order valence-corrected chi connectivity index (χ2v) is 7.19. The summed E-state index contributed by atoms with van der Waals surface area (Å²) in [6, 6.07) is 4.72. The fourth-order valence-corrected chi connectivity index (χ4v) is 2.27. The Balaban J connectivity index is 2.46. The minimum Gasteiger partial charge on any atom is -0.485 e. The van der Waals surface area contributed by atoms with E-state index in [2.05, 4.69) is 0 Å². The van der Waals surface area contributed by atoms with Gasteiger partial charge in [0.05, 0.1) is 6.10 Å². The van der Waals surface area contributed by atoms with Gasteiger partial charge in [0.2, 0.25) is 10.0 Å². The van der Waals surface area contributed by atoms with Gasteiger partial charge < -0.3 is 9.47 Å². The Bertz CT molecular complexity index is 571. The van der Waals surface area contributed by atoms with Crippen LogP contribution in [-0.4, -0.2) is 20.1 Å². The molecule has 0 bridgehead atoms. The molecule has 0 unspecified atom stereocenters. The lowest BCUT2D eigenvalue weighted by molar-refractivity contribution is 0.121. The van der Waals surface area contributed by atoms with Gasteiger partial charge in [-0.2, -0.15) is 0 Å². The van der Waals surface area contributed by atoms with Gasteiger partial charge in [-0.1, -0.05) is 6.07 Å². The normalized spacial score (nSPS) is 16.2. The van der Waals surface area contributed by atoms with Gasteiger partial charge in [0.15, 0.2) is 11.5 Å². The Morgan fingerprint density at radius 2 is 1.89 bits per heavy atom. The number of para-hydroxylation sites is 1. The van der Waals surface area contributed by atoms with E-state index in [0.29, 0.717) is 5.75 Å². The van der Waals surface area contributed by atoms with E-state index >= 15 is 0 Å². The fourth-order valence-electron chi connectivity index (χ4n) is 1.60. The third-order valence-electron chi connectivity index (χ3n) is 2.47. The van der Waals surface area contributed by atoms with E-state index in [4.69, 9.17) is 14.6 Å². The SMILES string of the molecule is CC(C)(C)Oc1cccc(S(N)(=O)=O)c1OC1CC1. The van der Waals surface area contributed by atoms with Crippen LogP contribution < -0.4 is 14.6 Å². The molecule has 0 heterocycles. The van der Waals surface area contributed by atoms with Gasteiger partial charge in [0.25, 0.3) is 0 Å². The quantitative estimate of drug-likeness (QED) is 0.918. The zero-order valence-electron chi connectivity index (χ0n) is 11.3. The van der Waals surface area contributed by atoms with Crippen LogP contribution in [0.2, 0.25) is 0 Å². The first-order valence-corrected chi connectivity index (χ1v) is 7.73. The number of hydrogen-bond acceptors (Lipinski definition) is 4. The highest BCUT2D eigenvalue weighted by molar-refractivity contribution is 7.89. The lowest BCUT2D eigenvalue weighted by Crippen LogP contribution is -2.24. The highest BCUT2D eigenvalue weighted by Crippen LogP contribution is 2.39. The maximum atomic E-state index is 11.6. The monoisotopic (exact) mass is 285 g/mol. The molecule has 6 heteroatoms. The molecule has 1 aromatic rings. The van der Waals surface area contributed by atoms with Crippen molar-refractivity contribution in [2.75, 3.05) is 0 Å². The molecule has 0 aliphatic heterocycles. The zero-order valence-corrected chi connectivity index (χ0v) is 12.2. The summed E-state index contributed by atoms with van der Waals surface area (Å²) in [5.41, 5.74) is -0.446. The van der Waals surface area contributed by atoms with Crippen molar-refractivity contribution < 1.29 is 17.9 Å². The van der Waals surface area contributed by atoms with Crippen LogP contribution in [0.25, 0.3) is 0 Å². The summed E-state index contributed by atoms with van der Waals surface area (Å²) in [7, 11) is -3.83. The van der Waals surface area contributed by atoms with Crippen molar-refractivity contribution in [2.45, 2.75) is 50.2 Å². The molecule has 2 rings (SSSR count). The number of rotatable bonds is 4. The molecule has 106 valence electrons. The molecule has 19 heavy (non-hydrogen) atoms. The largest absolute Gasteiger partial charge is 0.485 e. The van der Waals surface area contributed by atoms with Gasteiger partial charge in [0.1, 0.15) is 10.5 Å². The molecule has 1 aliphatic rings. The Hall–Kier alpha value is -1.27.